The lowest BCUT2D eigenvalue weighted by Gasteiger charge is -2.59. The minimum absolute atomic E-state index is 0.108. The smallest absolute Gasteiger partial charge is 0.243 e. The van der Waals surface area contributed by atoms with E-state index < -0.39 is 0 Å². The van der Waals surface area contributed by atoms with E-state index in [2.05, 4.69) is 70.3 Å². The molecule has 162 valence electrons. The first-order valence-electron chi connectivity index (χ1n) is 12.2. The third kappa shape index (κ3) is 2.85. The molecule has 4 aliphatic rings. The molecule has 3 saturated carbocycles. The zero-order valence-corrected chi connectivity index (χ0v) is 19.5. The van der Waals surface area contributed by atoms with Crippen LogP contribution in [-0.2, 0) is 10.2 Å². The van der Waals surface area contributed by atoms with Gasteiger partial charge in [0.1, 0.15) is 0 Å². The second-order valence-electron chi connectivity index (χ2n) is 12.2. The minimum atomic E-state index is 0.108. The van der Waals surface area contributed by atoms with Crippen LogP contribution >= 0.6 is 0 Å². The summed E-state index contributed by atoms with van der Waals surface area (Å²) in [5.74, 6) is 3.12. The van der Waals surface area contributed by atoms with Crippen molar-refractivity contribution in [2.45, 2.75) is 90.5 Å². The highest BCUT2D eigenvalue weighted by Gasteiger charge is 2.60. The van der Waals surface area contributed by atoms with Crippen LogP contribution in [0.5, 0.6) is 0 Å². The average Bonchev–Trinajstić information content (AvgIpc) is 3.05. The summed E-state index contributed by atoms with van der Waals surface area (Å²) in [6.45, 7) is 12.1. The van der Waals surface area contributed by atoms with Crippen molar-refractivity contribution in [3.63, 3.8) is 0 Å². The van der Waals surface area contributed by atoms with Gasteiger partial charge in [-0.25, -0.2) is 0 Å². The summed E-state index contributed by atoms with van der Waals surface area (Å²) in [6, 6.07) is 9.62. The summed E-state index contributed by atoms with van der Waals surface area (Å²) in [6.07, 6.45) is 11.9. The Bertz CT molecular complexity index is 879. The van der Waals surface area contributed by atoms with Crippen molar-refractivity contribution < 1.29 is 4.79 Å². The van der Waals surface area contributed by atoms with Gasteiger partial charge in [0.15, 0.2) is 0 Å². The first-order valence-corrected chi connectivity index (χ1v) is 12.2. The molecule has 5 rings (SSSR count). The molecule has 0 bridgehead atoms. The molecule has 0 radical (unpaired) electrons. The van der Waals surface area contributed by atoms with Gasteiger partial charge in [-0.3, -0.25) is 4.79 Å². The van der Waals surface area contributed by atoms with Gasteiger partial charge in [-0.05, 0) is 90.2 Å². The van der Waals surface area contributed by atoms with Crippen molar-refractivity contribution in [2.24, 2.45) is 28.6 Å². The zero-order chi connectivity index (χ0) is 21.3. The molecule has 1 aromatic carbocycles. The number of fused-ring (bicyclic) bond motifs is 5. The molecule has 1 amide bonds. The van der Waals surface area contributed by atoms with Crippen LogP contribution in [0, 0.1) is 28.6 Å². The third-order valence-corrected chi connectivity index (χ3v) is 9.83. The van der Waals surface area contributed by atoms with Gasteiger partial charge in [0.2, 0.25) is 5.91 Å². The van der Waals surface area contributed by atoms with E-state index in [9.17, 15) is 4.79 Å². The summed E-state index contributed by atoms with van der Waals surface area (Å²) in [5.41, 5.74) is 3.91. The minimum Gasteiger partial charge on any atom is -0.349 e. The molecule has 0 saturated heterocycles. The van der Waals surface area contributed by atoms with Crippen LogP contribution in [-0.4, -0.2) is 11.9 Å². The van der Waals surface area contributed by atoms with E-state index in [1.807, 2.05) is 6.08 Å². The average molecular weight is 406 g/mol. The van der Waals surface area contributed by atoms with E-state index in [-0.39, 0.29) is 16.7 Å². The van der Waals surface area contributed by atoms with Crippen molar-refractivity contribution in [1.29, 1.82) is 0 Å². The Kier molecular flexibility index (Phi) is 4.55. The molecule has 3 aliphatic carbocycles. The van der Waals surface area contributed by atoms with Gasteiger partial charge in [-0.1, -0.05) is 65.0 Å². The lowest BCUT2D eigenvalue weighted by Crippen LogP contribution is -2.59. The van der Waals surface area contributed by atoms with Crippen molar-refractivity contribution >= 4 is 5.91 Å². The molecule has 1 aliphatic heterocycles. The van der Waals surface area contributed by atoms with E-state index in [0.29, 0.717) is 23.3 Å². The third-order valence-electron chi connectivity index (χ3n) is 9.83. The maximum Gasteiger partial charge on any atom is 0.243 e. The predicted molar refractivity (Wildman–Crippen MR) is 123 cm³/mol. The summed E-state index contributed by atoms with van der Waals surface area (Å²) < 4.78 is 0. The molecule has 2 nitrogen and oxygen atoms in total. The predicted octanol–water partition coefficient (Wildman–Crippen LogP) is 6.36. The van der Waals surface area contributed by atoms with Crippen molar-refractivity contribution in [2.75, 3.05) is 0 Å². The second kappa shape index (κ2) is 6.71. The first-order chi connectivity index (χ1) is 14.1. The largest absolute Gasteiger partial charge is 0.349 e. The summed E-state index contributed by atoms with van der Waals surface area (Å²) in [7, 11) is 0. The van der Waals surface area contributed by atoms with Gasteiger partial charge in [0, 0.05) is 11.5 Å². The van der Waals surface area contributed by atoms with Crippen molar-refractivity contribution in [3.05, 3.63) is 47.5 Å². The monoisotopic (exact) mass is 405 g/mol. The highest BCUT2D eigenvalue weighted by atomic mass is 16.1. The standard InChI is InChI=1S/C28H39NO/c1-26(2,3)20-9-7-6-8-18(20)21-11-12-22-19-10-13-24-28(5,17-15-25(30)29-24)23(19)14-16-27(21,22)4/h6-9,15,17,19,21-24H,10-14,16H2,1-5H3,(H,29,30)/t19-,21?,22-,23+,24?,27+,28+/m0/s1. The Labute approximate surface area is 182 Å². The van der Waals surface area contributed by atoms with Crippen molar-refractivity contribution in [1.82, 2.24) is 5.32 Å². The Morgan fingerprint density at radius 1 is 0.967 bits per heavy atom. The molecule has 7 atom stereocenters. The fraction of sp³-hybridized carbons (Fsp3) is 0.679. The van der Waals surface area contributed by atoms with Gasteiger partial charge in [0.05, 0.1) is 0 Å². The van der Waals surface area contributed by atoms with Crippen LogP contribution in [0.15, 0.2) is 36.4 Å². The van der Waals surface area contributed by atoms with Crippen LogP contribution in [0.3, 0.4) is 0 Å². The van der Waals surface area contributed by atoms with E-state index in [1.54, 1.807) is 11.1 Å². The van der Waals surface area contributed by atoms with Gasteiger partial charge in [0.25, 0.3) is 0 Å². The number of hydrogen-bond donors (Lipinski definition) is 1. The van der Waals surface area contributed by atoms with Crippen molar-refractivity contribution in [3.8, 4) is 0 Å². The maximum atomic E-state index is 12.0. The van der Waals surface area contributed by atoms with E-state index in [0.717, 1.165) is 18.3 Å². The molecule has 2 unspecified atom stereocenters. The number of amides is 1. The zero-order valence-electron chi connectivity index (χ0n) is 19.5. The lowest BCUT2D eigenvalue weighted by atomic mass is 9.47. The van der Waals surface area contributed by atoms with Crippen LogP contribution in [0.25, 0.3) is 0 Å². The van der Waals surface area contributed by atoms with Gasteiger partial charge >= 0.3 is 0 Å². The fourth-order valence-electron chi connectivity index (χ4n) is 8.33. The number of carbonyl (C=O) groups is 1. The number of nitrogens with one attached hydrogen (secondary N) is 1. The highest BCUT2D eigenvalue weighted by molar-refractivity contribution is 5.89. The molecule has 1 aromatic rings. The molecule has 30 heavy (non-hydrogen) atoms. The molecule has 1 heterocycles. The summed E-state index contributed by atoms with van der Waals surface area (Å²) >= 11 is 0. The molecule has 0 spiro atoms. The molecule has 3 fully saturated rings. The molecule has 2 heteroatoms. The lowest BCUT2D eigenvalue weighted by molar-refractivity contribution is -0.122. The Morgan fingerprint density at radius 3 is 2.50 bits per heavy atom. The summed E-state index contributed by atoms with van der Waals surface area (Å²) in [4.78, 5) is 12.0. The normalized spacial score (nSPS) is 42.8. The van der Waals surface area contributed by atoms with Gasteiger partial charge < -0.3 is 5.32 Å². The highest BCUT2D eigenvalue weighted by Crippen LogP contribution is 2.67. The number of carbonyl (C=O) groups excluding carboxylic acids is 1. The van der Waals surface area contributed by atoms with Crippen LogP contribution in [0.1, 0.15) is 90.2 Å². The van der Waals surface area contributed by atoms with Crippen LogP contribution < -0.4 is 5.32 Å². The Morgan fingerprint density at radius 2 is 1.73 bits per heavy atom. The Balaban J connectivity index is 1.49. The van der Waals surface area contributed by atoms with E-state index >= 15 is 0 Å². The number of hydrogen-bond acceptors (Lipinski definition) is 1. The SMILES string of the molecule is CC(C)(C)c1ccccc1C1CC[C@H]2[C@@H]3CCC4NC(=O)C=C[C@]4(C)[C@@H]3CC[C@]12C. The van der Waals surface area contributed by atoms with Gasteiger partial charge in [-0.2, -0.15) is 0 Å². The molecular formula is C28H39NO. The van der Waals surface area contributed by atoms with Crippen LogP contribution in [0.2, 0.25) is 0 Å². The maximum absolute atomic E-state index is 12.0. The Hall–Kier alpha value is -1.57. The molecule has 1 N–H and O–H groups in total. The molecular weight excluding hydrogens is 366 g/mol. The number of rotatable bonds is 1. The second-order valence-corrected chi connectivity index (χ2v) is 12.2. The first kappa shape index (κ1) is 20.3. The van der Waals surface area contributed by atoms with E-state index in [1.165, 1.54) is 32.1 Å². The molecule has 0 aromatic heterocycles. The number of benzene rings is 1. The summed E-state index contributed by atoms with van der Waals surface area (Å²) in [5, 5.41) is 3.29. The topological polar surface area (TPSA) is 29.1 Å². The van der Waals surface area contributed by atoms with E-state index in [4.69, 9.17) is 0 Å². The van der Waals surface area contributed by atoms with Crippen LogP contribution in [0.4, 0.5) is 0 Å². The van der Waals surface area contributed by atoms with Gasteiger partial charge in [-0.15, -0.1) is 0 Å². The fourth-order valence-corrected chi connectivity index (χ4v) is 8.33. The quantitative estimate of drug-likeness (QED) is 0.578.